The highest BCUT2D eigenvalue weighted by Crippen LogP contribution is 2.38. The molecule has 2 aromatic carbocycles. The van der Waals surface area contributed by atoms with Crippen LogP contribution in [0.15, 0.2) is 64.4 Å². The van der Waals surface area contributed by atoms with Crippen LogP contribution in [0.5, 0.6) is 23.0 Å². The Hall–Kier alpha value is -2.99. The Morgan fingerprint density at radius 3 is 2.71 bits per heavy atom. The highest BCUT2D eigenvalue weighted by atomic mass is 35.5. The molecule has 41 heavy (non-hydrogen) atoms. The van der Waals surface area contributed by atoms with Crippen molar-refractivity contribution < 1.29 is 27.0 Å². The Kier molecular flexibility index (Phi) is 10.4. The van der Waals surface area contributed by atoms with Crippen molar-refractivity contribution in [3.05, 3.63) is 70.2 Å². The van der Waals surface area contributed by atoms with Crippen molar-refractivity contribution in [2.24, 2.45) is 5.92 Å². The lowest BCUT2D eigenvalue weighted by molar-refractivity contribution is 0.169. The fourth-order valence-electron chi connectivity index (χ4n) is 4.61. The zero-order chi connectivity index (χ0) is 29.6. The maximum Gasteiger partial charge on any atom is 0.267 e. The Bertz CT molecular complexity index is 1540. The Morgan fingerprint density at radius 1 is 1.20 bits per heavy atom. The number of pyridine rings is 1. The predicted molar refractivity (Wildman–Crippen MR) is 164 cm³/mol. The molecule has 0 bridgehead atoms. The van der Waals surface area contributed by atoms with Gasteiger partial charge < -0.3 is 19.1 Å². The number of ether oxygens (including phenoxy) is 3. The fraction of sp³-hybridized carbons (Fsp3) is 0.345. The van der Waals surface area contributed by atoms with E-state index in [0.29, 0.717) is 46.5 Å². The zero-order valence-electron chi connectivity index (χ0n) is 23.0. The van der Waals surface area contributed by atoms with E-state index in [1.807, 2.05) is 0 Å². The van der Waals surface area contributed by atoms with E-state index in [4.69, 9.17) is 25.8 Å². The van der Waals surface area contributed by atoms with Gasteiger partial charge >= 0.3 is 0 Å². The average molecular weight is 622 g/mol. The largest absolute Gasteiger partial charge is 0.493 e. The summed E-state index contributed by atoms with van der Waals surface area (Å²) in [5, 5.41) is 0.595. The van der Waals surface area contributed by atoms with E-state index in [2.05, 4.69) is 34.7 Å². The normalized spacial score (nSPS) is 15.9. The van der Waals surface area contributed by atoms with E-state index in [1.165, 1.54) is 25.0 Å². The van der Waals surface area contributed by atoms with Crippen LogP contribution in [0.3, 0.4) is 0 Å². The molecule has 0 spiro atoms. The van der Waals surface area contributed by atoms with Gasteiger partial charge in [0.1, 0.15) is 9.99 Å². The first-order valence-corrected chi connectivity index (χ1v) is 15.8. The molecule has 2 heterocycles. The van der Waals surface area contributed by atoms with Crippen LogP contribution in [0.4, 0.5) is 10.1 Å². The van der Waals surface area contributed by atoms with Crippen molar-refractivity contribution in [2.45, 2.75) is 26.2 Å². The van der Waals surface area contributed by atoms with Gasteiger partial charge in [0.25, 0.3) is 10.0 Å². The minimum absolute atomic E-state index is 0.00497. The van der Waals surface area contributed by atoms with Crippen molar-refractivity contribution in [3.8, 4) is 23.0 Å². The predicted octanol–water partition coefficient (Wildman–Crippen LogP) is 7.33. The Balaban J connectivity index is 1.46. The number of hydrogen-bond acceptors (Lipinski definition) is 8. The third-order valence-electron chi connectivity index (χ3n) is 6.53. The molecule has 4 rings (SSSR count). The van der Waals surface area contributed by atoms with E-state index in [1.54, 1.807) is 31.5 Å². The van der Waals surface area contributed by atoms with Gasteiger partial charge in [0, 0.05) is 36.8 Å². The second-order valence-electron chi connectivity index (χ2n) is 9.76. The number of fused-ring (bicyclic) bond motifs is 1. The Labute approximate surface area is 249 Å². The molecule has 0 saturated carbocycles. The van der Waals surface area contributed by atoms with Crippen molar-refractivity contribution in [2.75, 3.05) is 38.1 Å². The van der Waals surface area contributed by atoms with Gasteiger partial charge in [0.2, 0.25) is 0 Å². The number of halogens is 2. The summed E-state index contributed by atoms with van der Waals surface area (Å²) in [4.78, 5) is 6.91. The number of benzene rings is 2. The van der Waals surface area contributed by atoms with Crippen LogP contribution >= 0.6 is 23.4 Å². The number of nitrogens with one attached hydrogen (secondary N) is 1. The number of rotatable bonds is 13. The van der Waals surface area contributed by atoms with Crippen LogP contribution in [0.1, 0.15) is 26.2 Å². The molecule has 12 heteroatoms. The molecule has 1 saturated heterocycles. The van der Waals surface area contributed by atoms with Gasteiger partial charge in [-0.3, -0.25) is 9.71 Å². The Morgan fingerprint density at radius 2 is 2.00 bits per heavy atom. The van der Waals surface area contributed by atoms with Crippen molar-refractivity contribution in [1.29, 1.82) is 0 Å². The lowest BCUT2D eigenvalue weighted by Crippen LogP contribution is -2.35. The number of thioether (sulfide) groups is 1. The van der Waals surface area contributed by atoms with E-state index >= 15 is 0 Å². The number of methoxy groups -OCH3 is 1. The van der Waals surface area contributed by atoms with Crippen LogP contribution < -0.4 is 18.9 Å². The highest BCUT2D eigenvalue weighted by molar-refractivity contribution is 8.21. The highest BCUT2D eigenvalue weighted by Gasteiger charge is 2.19. The molecule has 1 aliphatic heterocycles. The van der Waals surface area contributed by atoms with E-state index in [-0.39, 0.29) is 20.0 Å². The molecular formula is C29H33ClFN3O5S2. The standard InChI is InChI=1S/C29H33ClFN3O5S2/c1-19-7-5-12-34(18-19)13-6-14-38-29-17-25-23(16-28(29)37-4)26(10-11-32-25)39-27-9-8-22(15-24(27)31)33-41(35,36)21(3)40-20(2)30/h8-11,15-17,19,33H,2-3,5-7,12-14,18H2,1,4H3. The molecule has 1 N–H and O–H groups in total. The van der Waals surface area contributed by atoms with Crippen LogP contribution in [0, 0.1) is 11.7 Å². The first-order valence-electron chi connectivity index (χ1n) is 13.1. The topological polar surface area (TPSA) is 90.0 Å². The SMILES string of the molecule is C=C(Cl)SC(=C)S(=O)(=O)Nc1ccc(Oc2ccnc3cc(OCCCN4CCCC(C)C4)c(OC)cc23)c(F)c1. The lowest BCUT2D eigenvalue weighted by Gasteiger charge is -2.30. The third-order valence-corrected chi connectivity index (χ3v) is 9.23. The molecule has 8 nitrogen and oxygen atoms in total. The summed E-state index contributed by atoms with van der Waals surface area (Å²) in [5.41, 5.74) is 0.583. The van der Waals surface area contributed by atoms with Crippen molar-refractivity contribution >= 4 is 50.0 Å². The average Bonchev–Trinajstić information content (AvgIpc) is 2.91. The minimum atomic E-state index is -4.02. The molecule has 1 aromatic heterocycles. The van der Waals surface area contributed by atoms with Gasteiger partial charge in [0.05, 0.1) is 29.3 Å². The number of piperidine rings is 1. The number of aromatic nitrogens is 1. The molecule has 220 valence electrons. The summed E-state index contributed by atoms with van der Waals surface area (Å²) in [7, 11) is -2.47. The van der Waals surface area contributed by atoms with Crippen LogP contribution in [0.2, 0.25) is 0 Å². The summed E-state index contributed by atoms with van der Waals surface area (Å²) in [6.07, 6.45) is 4.98. The van der Waals surface area contributed by atoms with Gasteiger partial charge in [0.15, 0.2) is 23.1 Å². The molecule has 3 aromatic rings. The smallest absolute Gasteiger partial charge is 0.267 e. The number of sulfonamides is 1. The molecule has 0 radical (unpaired) electrons. The van der Waals surface area contributed by atoms with Crippen LogP contribution in [-0.2, 0) is 10.0 Å². The van der Waals surface area contributed by atoms with E-state index < -0.39 is 15.8 Å². The van der Waals surface area contributed by atoms with Gasteiger partial charge in [-0.1, -0.05) is 43.4 Å². The number of anilines is 1. The summed E-state index contributed by atoms with van der Waals surface area (Å²) in [6.45, 7) is 13.0. The number of likely N-dealkylation sites (tertiary alicyclic amines) is 1. The van der Waals surface area contributed by atoms with E-state index in [0.717, 1.165) is 38.0 Å². The first-order chi connectivity index (χ1) is 19.6. The molecule has 1 atom stereocenters. The summed E-state index contributed by atoms with van der Waals surface area (Å²) < 4.78 is 59.3. The third kappa shape index (κ3) is 8.28. The molecule has 1 aliphatic rings. The summed E-state index contributed by atoms with van der Waals surface area (Å²) in [6, 6.07) is 8.85. The fourth-order valence-corrected chi connectivity index (χ4v) is 6.69. The maximum absolute atomic E-state index is 15.0. The molecule has 0 amide bonds. The molecule has 0 aliphatic carbocycles. The zero-order valence-corrected chi connectivity index (χ0v) is 25.4. The first kappa shape index (κ1) is 31.0. The van der Waals surface area contributed by atoms with Gasteiger partial charge in [-0.05, 0) is 56.0 Å². The molecule has 1 unspecified atom stereocenters. The number of nitrogens with zero attached hydrogens (tertiary/aromatic N) is 2. The minimum Gasteiger partial charge on any atom is -0.493 e. The monoisotopic (exact) mass is 621 g/mol. The second kappa shape index (κ2) is 13.8. The van der Waals surface area contributed by atoms with Gasteiger partial charge in [-0.2, -0.15) is 0 Å². The molecular weight excluding hydrogens is 589 g/mol. The quantitative estimate of drug-likeness (QED) is 0.198. The van der Waals surface area contributed by atoms with Gasteiger partial charge in [-0.15, -0.1) is 0 Å². The summed E-state index contributed by atoms with van der Waals surface area (Å²) in [5.74, 6) is 1.27. The van der Waals surface area contributed by atoms with E-state index in [9.17, 15) is 12.8 Å². The second-order valence-corrected chi connectivity index (χ2v) is 13.6. The van der Waals surface area contributed by atoms with Crippen molar-refractivity contribution in [1.82, 2.24) is 9.88 Å². The number of hydrogen-bond donors (Lipinski definition) is 1. The van der Waals surface area contributed by atoms with Crippen LogP contribution in [0.25, 0.3) is 10.9 Å². The van der Waals surface area contributed by atoms with Gasteiger partial charge in [-0.25, -0.2) is 12.8 Å². The lowest BCUT2D eigenvalue weighted by atomic mass is 10.0. The summed E-state index contributed by atoms with van der Waals surface area (Å²) >= 11 is 6.34. The maximum atomic E-state index is 15.0. The molecule has 1 fully saturated rings. The van der Waals surface area contributed by atoms with Crippen LogP contribution in [-0.4, -0.2) is 51.7 Å². The van der Waals surface area contributed by atoms with Crippen molar-refractivity contribution in [3.63, 3.8) is 0 Å².